The zero-order valence-electron chi connectivity index (χ0n) is 17.7. The lowest BCUT2D eigenvalue weighted by atomic mass is 10.2. The van der Waals surface area contributed by atoms with Crippen LogP contribution in [0.1, 0.15) is 36.2 Å². The molecule has 0 aliphatic heterocycles. The van der Waals surface area contributed by atoms with Crippen molar-refractivity contribution >= 4 is 34.7 Å². The molecule has 0 bridgehead atoms. The number of terminal acetylenes is 1. The van der Waals surface area contributed by atoms with E-state index in [1.54, 1.807) is 24.3 Å². The van der Waals surface area contributed by atoms with Crippen molar-refractivity contribution in [1.82, 2.24) is 5.43 Å². The maximum Gasteiger partial charge on any atom is 0.271 e. The number of carbonyl (C=O) groups excluding carboxylic acids is 1. The van der Waals surface area contributed by atoms with Crippen LogP contribution in [0.5, 0.6) is 23.0 Å². The first-order valence-electron chi connectivity index (χ1n) is 9.70. The van der Waals surface area contributed by atoms with E-state index in [0.29, 0.717) is 41.8 Å². The van der Waals surface area contributed by atoms with Gasteiger partial charge in [0.05, 0.1) is 30.1 Å². The number of rotatable bonds is 11. The van der Waals surface area contributed by atoms with Gasteiger partial charge in [0, 0.05) is 5.56 Å². The van der Waals surface area contributed by atoms with Crippen LogP contribution >= 0.6 is 22.6 Å². The molecular weight excluding hydrogens is 511 g/mol. The summed E-state index contributed by atoms with van der Waals surface area (Å²) < 4.78 is 23.0. The third-order valence-electron chi connectivity index (χ3n) is 3.90. The highest BCUT2D eigenvalue weighted by Crippen LogP contribution is 2.34. The summed E-state index contributed by atoms with van der Waals surface area (Å²) in [6.07, 6.45) is 7.68. The molecule has 7 nitrogen and oxygen atoms in total. The Bertz CT molecular complexity index is 969. The molecule has 0 fully saturated rings. The molecule has 0 spiro atoms. The lowest BCUT2D eigenvalue weighted by molar-refractivity contribution is 0.0954. The number of benzene rings is 2. The number of methoxy groups -OCH3 is 1. The molecule has 0 unspecified atom stereocenters. The van der Waals surface area contributed by atoms with Crippen LogP contribution in [0.3, 0.4) is 0 Å². The SMILES string of the molecule is C#CCOc1c(I)cc(/C=N/NC(=O)c2ccc(OCCC)c(OC)c2)cc1OCC. The number of nitrogens with one attached hydrogen (secondary N) is 1. The first-order chi connectivity index (χ1) is 15.0. The fraction of sp³-hybridized carbons (Fsp3) is 0.304. The molecular formula is C23H25IN2O5. The van der Waals surface area contributed by atoms with E-state index < -0.39 is 0 Å². The number of carbonyl (C=O) groups is 1. The number of halogens is 1. The van der Waals surface area contributed by atoms with Gasteiger partial charge in [-0.05, 0) is 71.8 Å². The zero-order valence-corrected chi connectivity index (χ0v) is 19.9. The Morgan fingerprint density at radius 2 is 1.97 bits per heavy atom. The van der Waals surface area contributed by atoms with Crippen LogP contribution in [0.4, 0.5) is 0 Å². The van der Waals surface area contributed by atoms with E-state index in [2.05, 4.69) is 39.0 Å². The van der Waals surface area contributed by atoms with E-state index in [1.807, 2.05) is 19.9 Å². The summed E-state index contributed by atoms with van der Waals surface area (Å²) in [5, 5.41) is 4.05. The number of hydrogen-bond acceptors (Lipinski definition) is 6. The first-order valence-corrected chi connectivity index (χ1v) is 10.8. The summed E-state index contributed by atoms with van der Waals surface area (Å²) in [5.41, 5.74) is 3.66. The van der Waals surface area contributed by atoms with Gasteiger partial charge in [0.25, 0.3) is 5.91 Å². The smallest absolute Gasteiger partial charge is 0.271 e. The van der Waals surface area contributed by atoms with Gasteiger partial charge < -0.3 is 18.9 Å². The minimum atomic E-state index is -0.370. The van der Waals surface area contributed by atoms with Crippen molar-refractivity contribution in [2.75, 3.05) is 26.9 Å². The number of amides is 1. The topological polar surface area (TPSA) is 78.4 Å². The summed E-state index contributed by atoms with van der Waals surface area (Å²) in [4.78, 5) is 12.5. The monoisotopic (exact) mass is 536 g/mol. The van der Waals surface area contributed by atoms with E-state index in [-0.39, 0.29) is 12.5 Å². The van der Waals surface area contributed by atoms with Gasteiger partial charge in [0.15, 0.2) is 23.0 Å². The fourth-order valence-corrected chi connectivity index (χ4v) is 3.33. The summed E-state index contributed by atoms with van der Waals surface area (Å²) in [5.74, 6) is 4.29. The predicted molar refractivity (Wildman–Crippen MR) is 128 cm³/mol. The van der Waals surface area contributed by atoms with E-state index >= 15 is 0 Å². The van der Waals surface area contributed by atoms with Crippen LogP contribution in [0.2, 0.25) is 0 Å². The Kier molecular flexibility index (Phi) is 9.97. The zero-order chi connectivity index (χ0) is 22.6. The molecule has 0 saturated heterocycles. The highest BCUT2D eigenvalue weighted by Gasteiger charge is 2.13. The van der Waals surface area contributed by atoms with E-state index in [0.717, 1.165) is 15.6 Å². The minimum Gasteiger partial charge on any atom is -0.493 e. The summed E-state index contributed by atoms with van der Waals surface area (Å²) in [6.45, 7) is 5.08. The summed E-state index contributed by atoms with van der Waals surface area (Å²) >= 11 is 2.14. The molecule has 0 radical (unpaired) electrons. The van der Waals surface area contributed by atoms with Gasteiger partial charge in [-0.2, -0.15) is 5.10 Å². The van der Waals surface area contributed by atoms with Crippen molar-refractivity contribution in [3.63, 3.8) is 0 Å². The summed E-state index contributed by atoms with van der Waals surface area (Å²) in [6, 6.07) is 8.61. The van der Waals surface area contributed by atoms with Crippen molar-refractivity contribution in [3.8, 4) is 35.3 Å². The molecule has 0 aromatic heterocycles. The minimum absolute atomic E-state index is 0.144. The Morgan fingerprint density at radius 3 is 2.65 bits per heavy atom. The third-order valence-corrected chi connectivity index (χ3v) is 4.70. The van der Waals surface area contributed by atoms with Gasteiger partial charge in [-0.1, -0.05) is 12.8 Å². The van der Waals surface area contributed by atoms with E-state index in [1.165, 1.54) is 13.3 Å². The van der Waals surface area contributed by atoms with Gasteiger partial charge in [0.2, 0.25) is 0 Å². The number of nitrogens with zero attached hydrogens (tertiary/aromatic N) is 1. The average molecular weight is 536 g/mol. The van der Waals surface area contributed by atoms with Gasteiger partial charge in [-0.25, -0.2) is 5.43 Å². The maximum absolute atomic E-state index is 12.5. The second kappa shape index (κ2) is 12.7. The van der Waals surface area contributed by atoms with E-state index in [4.69, 9.17) is 25.4 Å². The quantitative estimate of drug-likeness (QED) is 0.201. The standard InChI is InChI=1S/C23H25IN2O5/c1-5-10-30-19-9-8-17(14-20(19)28-4)23(27)26-25-15-16-12-18(24)22(31-11-6-2)21(13-16)29-7-3/h2,8-9,12-15H,5,7,10-11H2,1,3-4H3,(H,26,27)/b25-15+. The normalized spacial score (nSPS) is 10.4. The van der Waals surface area contributed by atoms with Crippen LogP contribution < -0.4 is 24.4 Å². The molecule has 0 aliphatic carbocycles. The average Bonchev–Trinajstić information content (AvgIpc) is 2.77. The maximum atomic E-state index is 12.5. The van der Waals surface area contributed by atoms with Crippen LogP contribution in [0, 0.1) is 15.9 Å². The molecule has 164 valence electrons. The predicted octanol–water partition coefficient (Wildman–Crippen LogP) is 4.26. The Labute approximate surface area is 196 Å². The van der Waals surface area contributed by atoms with Crippen molar-refractivity contribution in [2.24, 2.45) is 5.10 Å². The molecule has 0 heterocycles. The van der Waals surface area contributed by atoms with Crippen LogP contribution in [-0.2, 0) is 0 Å². The second-order valence-electron chi connectivity index (χ2n) is 6.17. The van der Waals surface area contributed by atoms with Crippen LogP contribution in [0.25, 0.3) is 0 Å². The fourth-order valence-electron chi connectivity index (χ4n) is 2.55. The number of hydrazone groups is 1. The van der Waals surface area contributed by atoms with Crippen molar-refractivity contribution in [3.05, 3.63) is 45.0 Å². The van der Waals surface area contributed by atoms with Gasteiger partial charge in [-0.3, -0.25) is 4.79 Å². The lowest BCUT2D eigenvalue weighted by Gasteiger charge is -2.13. The summed E-state index contributed by atoms with van der Waals surface area (Å²) in [7, 11) is 1.53. The van der Waals surface area contributed by atoms with E-state index in [9.17, 15) is 4.79 Å². The lowest BCUT2D eigenvalue weighted by Crippen LogP contribution is -2.17. The Morgan fingerprint density at radius 1 is 1.16 bits per heavy atom. The molecule has 0 atom stereocenters. The number of hydrogen-bond donors (Lipinski definition) is 1. The molecule has 0 saturated carbocycles. The molecule has 0 aliphatic rings. The molecule has 2 rings (SSSR count). The molecule has 31 heavy (non-hydrogen) atoms. The van der Waals surface area contributed by atoms with Crippen molar-refractivity contribution < 1.29 is 23.7 Å². The highest BCUT2D eigenvalue weighted by atomic mass is 127. The van der Waals surface area contributed by atoms with Crippen molar-refractivity contribution in [2.45, 2.75) is 20.3 Å². The largest absolute Gasteiger partial charge is 0.493 e. The number of ether oxygens (including phenoxy) is 4. The van der Waals surface area contributed by atoms with Crippen LogP contribution in [-0.4, -0.2) is 39.1 Å². The third kappa shape index (κ3) is 7.07. The first kappa shape index (κ1) is 24.3. The second-order valence-corrected chi connectivity index (χ2v) is 7.33. The Hall–Kier alpha value is -2.93. The Balaban J connectivity index is 2.12. The molecule has 8 heteroatoms. The highest BCUT2D eigenvalue weighted by molar-refractivity contribution is 14.1. The van der Waals surface area contributed by atoms with Gasteiger partial charge in [0.1, 0.15) is 6.61 Å². The van der Waals surface area contributed by atoms with Crippen molar-refractivity contribution in [1.29, 1.82) is 0 Å². The van der Waals surface area contributed by atoms with Gasteiger partial charge >= 0.3 is 0 Å². The molecule has 1 amide bonds. The molecule has 2 aromatic carbocycles. The van der Waals surface area contributed by atoms with Crippen LogP contribution in [0.15, 0.2) is 35.4 Å². The molecule has 2 aromatic rings. The molecule has 1 N–H and O–H groups in total. The van der Waals surface area contributed by atoms with Gasteiger partial charge in [-0.15, -0.1) is 6.42 Å².